The van der Waals surface area contributed by atoms with E-state index in [9.17, 15) is 4.79 Å². The Morgan fingerprint density at radius 2 is 1.59 bits per heavy atom. The molecule has 0 fully saturated rings. The third kappa shape index (κ3) is 5.07. The summed E-state index contributed by atoms with van der Waals surface area (Å²) < 4.78 is 16.4. The minimum absolute atomic E-state index is 0.206. The molecule has 0 aromatic heterocycles. The van der Waals surface area contributed by atoms with Gasteiger partial charge >= 0.3 is 0 Å². The molecule has 2 rings (SSSR count). The summed E-state index contributed by atoms with van der Waals surface area (Å²) in [6.45, 7) is 7.44. The average Bonchev–Trinajstić information content (AvgIpc) is 2.65. The molecule has 2 atom stereocenters. The highest BCUT2D eigenvalue weighted by atomic mass is 35.5. The molecule has 0 saturated carbocycles. The fraction of sp³-hybridized carbons (Fsp3) is 0.381. The fourth-order valence-corrected chi connectivity index (χ4v) is 2.88. The summed E-state index contributed by atoms with van der Waals surface area (Å²) in [4.78, 5) is 12.5. The molecule has 6 heteroatoms. The second-order valence-electron chi connectivity index (χ2n) is 6.48. The van der Waals surface area contributed by atoms with E-state index in [0.717, 1.165) is 16.7 Å². The molecule has 1 amide bonds. The molecule has 2 aromatic carbocycles. The molecule has 0 aliphatic heterocycles. The van der Waals surface area contributed by atoms with Gasteiger partial charge in [0.1, 0.15) is 5.75 Å². The SMILES string of the molecule is COc1ccc([C@@H](C)NC(=O)[C@H](C)Oc2cc(C)c(Cl)c(C)c2)cc1OC. The smallest absolute Gasteiger partial charge is 0.261 e. The first kappa shape index (κ1) is 20.9. The van der Waals surface area contributed by atoms with Crippen LogP contribution in [0.2, 0.25) is 5.02 Å². The molecular formula is C21H26ClNO4. The highest BCUT2D eigenvalue weighted by Crippen LogP contribution is 2.30. The Bertz CT molecular complexity index is 799. The van der Waals surface area contributed by atoms with Crippen molar-refractivity contribution in [2.75, 3.05) is 14.2 Å². The highest BCUT2D eigenvalue weighted by molar-refractivity contribution is 6.32. The van der Waals surface area contributed by atoms with Crippen molar-refractivity contribution >= 4 is 17.5 Å². The van der Waals surface area contributed by atoms with Crippen LogP contribution in [0, 0.1) is 13.8 Å². The average molecular weight is 392 g/mol. The van der Waals surface area contributed by atoms with Gasteiger partial charge in [-0.25, -0.2) is 0 Å². The lowest BCUT2D eigenvalue weighted by Crippen LogP contribution is -2.37. The van der Waals surface area contributed by atoms with Crippen molar-refractivity contribution in [2.45, 2.75) is 39.8 Å². The van der Waals surface area contributed by atoms with E-state index in [2.05, 4.69) is 5.32 Å². The Kier molecular flexibility index (Phi) is 6.97. The first-order valence-corrected chi connectivity index (χ1v) is 9.10. The predicted molar refractivity (Wildman–Crippen MR) is 107 cm³/mol. The van der Waals surface area contributed by atoms with Crippen LogP contribution < -0.4 is 19.5 Å². The van der Waals surface area contributed by atoms with Gasteiger partial charge in [-0.15, -0.1) is 0 Å². The number of benzene rings is 2. The number of aryl methyl sites for hydroxylation is 2. The molecule has 0 heterocycles. The van der Waals surface area contributed by atoms with E-state index in [0.29, 0.717) is 22.3 Å². The van der Waals surface area contributed by atoms with Crippen LogP contribution in [0.1, 0.15) is 36.6 Å². The van der Waals surface area contributed by atoms with Gasteiger partial charge in [-0.1, -0.05) is 17.7 Å². The lowest BCUT2D eigenvalue weighted by Gasteiger charge is -2.20. The Hall–Kier alpha value is -2.40. The summed E-state index contributed by atoms with van der Waals surface area (Å²) >= 11 is 6.18. The van der Waals surface area contributed by atoms with Gasteiger partial charge in [-0.2, -0.15) is 0 Å². The van der Waals surface area contributed by atoms with Crippen LogP contribution in [0.3, 0.4) is 0 Å². The largest absolute Gasteiger partial charge is 0.493 e. The van der Waals surface area contributed by atoms with E-state index in [1.54, 1.807) is 21.1 Å². The van der Waals surface area contributed by atoms with Crippen molar-refractivity contribution in [2.24, 2.45) is 0 Å². The molecule has 0 bridgehead atoms. The summed E-state index contributed by atoms with van der Waals surface area (Å²) in [5.41, 5.74) is 2.74. The molecule has 0 unspecified atom stereocenters. The number of nitrogens with one attached hydrogen (secondary N) is 1. The van der Waals surface area contributed by atoms with E-state index < -0.39 is 6.10 Å². The molecule has 146 valence electrons. The molecule has 0 radical (unpaired) electrons. The van der Waals surface area contributed by atoms with Gasteiger partial charge in [0.05, 0.1) is 20.3 Å². The number of methoxy groups -OCH3 is 2. The molecule has 2 aromatic rings. The quantitative estimate of drug-likeness (QED) is 0.748. The first-order valence-electron chi connectivity index (χ1n) is 8.72. The minimum Gasteiger partial charge on any atom is -0.493 e. The normalized spacial score (nSPS) is 12.9. The van der Waals surface area contributed by atoms with Crippen molar-refractivity contribution < 1.29 is 19.0 Å². The number of carbonyl (C=O) groups excluding carboxylic acids is 1. The summed E-state index contributed by atoms with van der Waals surface area (Å²) in [7, 11) is 3.17. The van der Waals surface area contributed by atoms with E-state index in [1.165, 1.54) is 0 Å². The summed E-state index contributed by atoms with van der Waals surface area (Å²) in [6, 6.07) is 9.01. The van der Waals surface area contributed by atoms with Gasteiger partial charge < -0.3 is 19.5 Å². The Balaban J connectivity index is 2.05. The summed E-state index contributed by atoms with van der Waals surface area (Å²) in [6.07, 6.45) is -0.646. The van der Waals surface area contributed by atoms with E-state index in [-0.39, 0.29) is 11.9 Å². The number of carbonyl (C=O) groups is 1. The van der Waals surface area contributed by atoms with Crippen LogP contribution in [-0.4, -0.2) is 26.2 Å². The van der Waals surface area contributed by atoms with Crippen molar-refractivity contribution in [3.63, 3.8) is 0 Å². The van der Waals surface area contributed by atoms with E-state index >= 15 is 0 Å². The van der Waals surface area contributed by atoms with Gasteiger partial charge in [0.2, 0.25) is 0 Å². The summed E-state index contributed by atoms with van der Waals surface area (Å²) in [5, 5.41) is 3.67. The third-order valence-electron chi connectivity index (χ3n) is 4.36. The molecule has 0 spiro atoms. The van der Waals surface area contributed by atoms with Gasteiger partial charge in [-0.05, 0) is 68.7 Å². The summed E-state index contributed by atoms with van der Waals surface area (Å²) in [5.74, 6) is 1.68. The van der Waals surface area contributed by atoms with Crippen LogP contribution in [0.5, 0.6) is 17.2 Å². The van der Waals surface area contributed by atoms with Crippen LogP contribution in [-0.2, 0) is 4.79 Å². The van der Waals surface area contributed by atoms with Crippen LogP contribution >= 0.6 is 11.6 Å². The maximum Gasteiger partial charge on any atom is 0.261 e. The topological polar surface area (TPSA) is 56.8 Å². The van der Waals surface area contributed by atoms with Crippen molar-refractivity contribution in [1.29, 1.82) is 0 Å². The van der Waals surface area contributed by atoms with Crippen molar-refractivity contribution in [3.05, 3.63) is 52.0 Å². The number of amides is 1. The third-order valence-corrected chi connectivity index (χ3v) is 4.95. The Labute approximate surface area is 165 Å². The number of ether oxygens (including phenoxy) is 3. The minimum atomic E-state index is -0.646. The molecule has 0 saturated heterocycles. The van der Waals surface area contributed by atoms with E-state index in [4.69, 9.17) is 25.8 Å². The highest BCUT2D eigenvalue weighted by Gasteiger charge is 2.19. The van der Waals surface area contributed by atoms with Gasteiger partial charge in [0.15, 0.2) is 17.6 Å². The lowest BCUT2D eigenvalue weighted by atomic mass is 10.1. The van der Waals surface area contributed by atoms with Gasteiger partial charge in [0, 0.05) is 5.02 Å². The molecule has 0 aliphatic rings. The fourth-order valence-electron chi connectivity index (χ4n) is 2.77. The van der Waals surface area contributed by atoms with Crippen LogP contribution in [0.4, 0.5) is 0 Å². The molecule has 5 nitrogen and oxygen atoms in total. The van der Waals surface area contributed by atoms with Gasteiger partial charge in [0.25, 0.3) is 5.91 Å². The maximum absolute atomic E-state index is 12.5. The Morgan fingerprint density at radius 1 is 1.00 bits per heavy atom. The number of halogens is 1. The molecule has 1 N–H and O–H groups in total. The number of rotatable bonds is 7. The second-order valence-corrected chi connectivity index (χ2v) is 6.85. The standard InChI is InChI=1S/C21H26ClNO4/c1-12-9-17(10-13(2)20(12)22)27-15(4)21(24)23-14(3)16-7-8-18(25-5)19(11-16)26-6/h7-11,14-15H,1-6H3,(H,23,24)/t14-,15+/m1/s1. The second kappa shape index (κ2) is 9.00. The number of hydrogen-bond acceptors (Lipinski definition) is 4. The Morgan fingerprint density at radius 3 is 2.15 bits per heavy atom. The molecular weight excluding hydrogens is 366 g/mol. The zero-order valence-corrected chi connectivity index (χ0v) is 17.3. The molecule has 0 aliphatic carbocycles. The van der Waals surface area contributed by atoms with E-state index in [1.807, 2.05) is 51.1 Å². The number of hydrogen-bond donors (Lipinski definition) is 1. The first-order chi connectivity index (χ1) is 12.8. The van der Waals surface area contributed by atoms with Crippen LogP contribution in [0.15, 0.2) is 30.3 Å². The van der Waals surface area contributed by atoms with Crippen molar-refractivity contribution in [1.82, 2.24) is 5.32 Å². The molecule has 27 heavy (non-hydrogen) atoms. The maximum atomic E-state index is 12.5. The lowest BCUT2D eigenvalue weighted by molar-refractivity contribution is -0.127. The van der Waals surface area contributed by atoms with Crippen LogP contribution in [0.25, 0.3) is 0 Å². The zero-order valence-electron chi connectivity index (χ0n) is 16.6. The van der Waals surface area contributed by atoms with Gasteiger partial charge in [-0.3, -0.25) is 4.79 Å². The predicted octanol–water partition coefficient (Wildman–Crippen LogP) is 4.62. The zero-order chi connectivity index (χ0) is 20.1. The van der Waals surface area contributed by atoms with Crippen molar-refractivity contribution in [3.8, 4) is 17.2 Å². The monoisotopic (exact) mass is 391 g/mol.